The Morgan fingerprint density at radius 3 is 2.88 bits per heavy atom. The Kier molecular flexibility index (Phi) is 3.77. The fourth-order valence-corrected chi connectivity index (χ4v) is 1.45. The Balaban J connectivity index is 1.96. The van der Waals surface area contributed by atoms with Gasteiger partial charge in [-0.05, 0) is 40.2 Å². The molecule has 2 rings (SSSR count). The summed E-state index contributed by atoms with van der Waals surface area (Å²) in [6, 6.07) is 6.99. The number of carbonyl (C=O) groups excluding carboxylic acids is 1. The van der Waals surface area contributed by atoms with Gasteiger partial charge in [-0.25, -0.2) is 4.98 Å². The molecule has 1 amide bonds. The Hall–Kier alpha value is -1.82. The highest BCUT2D eigenvalue weighted by molar-refractivity contribution is 9.10. The third kappa shape index (κ3) is 3.32. The zero-order valence-electron chi connectivity index (χ0n) is 8.80. The van der Waals surface area contributed by atoms with Crippen molar-refractivity contribution in [2.45, 2.75) is 6.54 Å². The number of hydrogen-bond acceptors (Lipinski definition) is 4. The predicted molar refractivity (Wildman–Crippen MR) is 65.1 cm³/mol. The zero-order valence-corrected chi connectivity index (χ0v) is 10.4. The van der Waals surface area contributed by atoms with Crippen LogP contribution in [-0.2, 0) is 6.54 Å². The summed E-state index contributed by atoms with van der Waals surface area (Å²) in [4.78, 5) is 15.7. The number of halogens is 1. The lowest BCUT2D eigenvalue weighted by Crippen LogP contribution is -2.23. The summed E-state index contributed by atoms with van der Waals surface area (Å²) in [5.41, 5.74) is 1.23. The second-order valence-electron chi connectivity index (χ2n) is 3.27. The molecule has 0 fully saturated rings. The minimum Gasteiger partial charge on any atom is -0.346 e. The first kappa shape index (κ1) is 11.7. The zero-order chi connectivity index (χ0) is 12.1. The largest absolute Gasteiger partial charge is 0.346 e. The smallest absolute Gasteiger partial charge is 0.253 e. The lowest BCUT2D eigenvalue weighted by Gasteiger charge is -2.03. The minimum atomic E-state index is -0.185. The van der Waals surface area contributed by atoms with Crippen LogP contribution in [-0.4, -0.2) is 21.1 Å². The van der Waals surface area contributed by atoms with E-state index in [2.05, 4.69) is 36.4 Å². The van der Waals surface area contributed by atoms with E-state index in [9.17, 15) is 4.79 Å². The highest BCUT2D eigenvalue weighted by Gasteiger charge is 2.05. The van der Waals surface area contributed by atoms with Gasteiger partial charge >= 0.3 is 0 Å². The number of hydrogen-bond donors (Lipinski definition) is 1. The first-order chi connectivity index (χ1) is 8.25. The van der Waals surface area contributed by atoms with Crippen LogP contribution in [0, 0.1) is 0 Å². The van der Waals surface area contributed by atoms with Gasteiger partial charge in [-0.1, -0.05) is 0 Å². The number of carbonyl (C=O) groups is 1. The Morgan fingerprint density at radius 1 is 1.35 bits per heavy atom. The molecule has 5 nitrogen and oxygen atoms in total. The summed E-state index contributed by atoms with van der Waals surface area (Å²) < 4.78 is 0.697. The molecule has 0 spiro atoms. The first-order valence-corrected chi connectivity index (χ1v) is 5.71. The van der Waals surface area contributed by atoms with Gasteiger partial charge in [0.05, 0.1) is 17.8 Å². The third-order valence-corrected chi connectivity index (χ3v) is 2.52. The molecule has 2 aromatic heterocycles. The fraction of sp³-hybridized carbons (Fsp3) is 0.0909. The van der Waals surface area contributed by atoms with Crippen molar-refractivity contribution in [2.24, 2.45) is 0 Å². The van der Waals surface area contributed by atoms with Crippen LogP contribution in [0.15, 0.2) is 41.3 Å². The Labute approximate surface area is 106 Å². The lowest BCUT2D eigenvalue weighted by atomic mass is 10.2. The van der Waals surface area contributed by atoms with E-state index in [0.717, 1.165) is 0 Å². The predicted octanol–water partition coefficient (Wildman–Crippen LogP) is 1.56. The maximum atomic E-state index is 11.7. The molecule has 6 heteroatoms. The van der Waals surface area contributed by atoms with Crippen LogP contribution in [0.3, 0.4) is 0 Å². The Morgan fingerprint density at radius 2 is 2.24 bits per heavy atom. The summed E-state index contributed by atoms with van der Waals surface area (Å²) in [6.45, 7) is 0.350. The van der Waals surface area contributed by atoms with Crippen LogP contribution >= 0.6 is 15.9 Å². The Bertz CT molecular complexity index is 501. The number of amides is 1. The quantitative estimate of drug-likeness (QED) is 0.872. The molecule has 0 saturated heterocycles. The SMILES string of the molecule is O=C(NCc1cccnn1)c1ccc(Br)nc1. The molecule has 0 aliphatic rings. The summed E-state index contributed by atoms with van der Waals surface area (Å²) in [5.74, 6) is -0.185. The number of nitrogens with one attached hydrogen (secondary N) is 1. The molecule has 17 heavy (non-hydrogen) atoms. The molecule has 2 aromatic rings. The van der Waals surface area contributed by atoms with Gasteiger partial charge in [-0.2, -0.15) is 10.2 Å². The maximum Gasteiger partial charge on any atom is 0.253 e. The van der Waals surface area contributed by atoms with Crippen LogP contribution in [0.1, 0.15) is 16.1 Å². The lowest BCUT2D eigenvalue weighted by molar-refractivity contribution is 0.0950. The van der Waals surface area contributed by atoms with Crippen molar-refractivity contribution >= 4 is 21.8 Å². The van der Waals surface area contributed by atoms with Crippen LogP contribution < -0.4 is 5.32 Å². The van der Waals surface area contributed by atoms with Gasteiger partial charge in [0.2, 0.25) is 0 Å². The topological polar surface area (TPSA) is 67.8 Å². The maximum absolute atomic E-state index is 11.7. The summed E-state index contributed by atoms with van der Waals surface area (Å²) in [6.07, 6.45) is 3.10. The van der Waals surface area contributed by atoms with Crippen molar-refractivity contribution in [3.8, 4) is 0 Å². The second kappa shape index (κ2) is 5.49. The molecule has 0 aliphatic heterocycles. The van der Waals surface area contributed by atoms with Gasteiger partial charge in [0.1, 0.15) is 4.60 Å². The van der Waals surface area contributed by atoms with E-state index >= 15 is 0 Å². The van der Waals surface area contributed by atoms with Crippen LogP contribution in [0.4, 0.5) is 0 Å². The first-order valence-electron chi connectivity index (χ1n) is 4.92. The number of pyridine rings is 1. The van der Waals surface area contributed by atoms with Crippen molar-refractivity contribution < 1.29 is 4.79 Å². The summed E-state index contributed by atoms with van der Waals surface area (Å²) in [7, 11) is 0. The molecule has 0 bridgehead atoms. The summed E-state index contributed by atoms with van der Waals surface area (Å²) in [5, 5.41) is 10.3. The van der Waals surface area contributed by atoms with Crippen molar-refractivity contribution in [3.63, 3.8) is 0 Å². The van der Waals surface area contributed by atoms with Crippen molar-refractivity contribution in [2.75, 3.05) is 0 Å². The van der Waals surface area contributed by atoms with Crippen molar-refractivity contribution in [1.29, 1.82) is 0 Å². The fourth-order valence-electron chi connectivity index (χ4n) is 1.21. The average Bonchev–Trinajstić information content (AvgIpc) is 2.38. The van der Waals surface area contributed by atoms with Gasteiger partial charge in [0.15, 0.2) is 0 Å². The molecule has 1 N–H and O–H groups in total. The van der Waals surface area contributed by atoms with Gasteiger partial charge in [-0.3, -0.25) is 4.79 Å². The van der Waals surface area contributed by atoms with E-state index in [1.54, 1.807) is 30.5 Å². The van der Waals surface area contributed by atoms with Gasteiger partial charge in [0, 0.05) is 12.4 Å². The van der Waals surface area contributed by atoms with Crippen molar-refractivity contribution in [3.05, 3.63) is 52.5 Å². The van der Waals surface area contributed by atoms with Gasteiger partial charge < -0.3 is 5.32 Å². The minimum absolute atomic E-state index is 0.185. The number of aromatic nitrogens is 3. The molecule has 0 saturated carbocycles. The van der Waals surface area contributed by atoms with Gasteiger partial charge in [-0.15, -0.1) is 0 Å². The number of nitrogens with zero attached hydrogens (tertiary/aromatic N) is 3. The summed E-state index contributed by atoms with van der Waals surface area (Å²) >= 11 is 3.21. The van der Waals surface area contributed by atoms with Crippen LogP contribution in [0.5, 0.6) is 0 Å². The van der Waals surface area contributed by atoms with E-state index in [4.69, 9.17) is 0 Å². The van der Waals surface area contributed by atoms with Gasteiger partial charge in [0.25, 0.3) is 5.91 Å². The second-order valence-corrected chi connectivity index (χ2v) is 4.08. The molecular weight excluding hydrogens is 284 g/mol. The molecule has 0 aromatic carbocycles. The molecule has 0 atom stereocenters. The van der Waals surface area contributed by atoms with E-state index in [-0.39, 0.29) is 5.91 Å². The highest BCUT2D eigenvalue weighted by Crippen LogP contribution is 2.06. The average molecular weight is 293 g/mol. The van der Waals surface area contributed by atoms with E-state index < -0.39 is 0 Å². The standard InChI is InChI=1S/C11H9BrN4O/c12-10-4-3-8(6-13-10)11(17)14-7-9-2-1-5-15-16-9/h1-6H,7H2,(H,14,17). The van der Waals surface area contributed by atoms with Crippen molar-refractivity contribution in [1.82, 2.24) is 20.5 Å². The van der Waals surface area contributed by atoms with E-state index in [0.29, 0.717) is 22.4 Å². The highest BCUT2D eigenvalue weighted by atomic mass is 79.9. The molecule has 86 valence electrons. The molecule has 0 radical (unpaired) electrons. The molecule has 2 heterocycles. The van der Waals surface area contributed by atoms with Crippen LogP contribution in [0.25, 0.3) is 0 Å². The van der Waals surface area contributed by atoms with E-state index in [1.807, 2.05) is 0 Å². The van der Waals surface area contributed by atoms with E-state index in [1.165, 1.54) is 6.20 Å². The molecular formula is C11H9BrN4O. The van der Waals surface area contributed by atoms with Crippen LogP contribution in [0.2, 0.25) is 0 Å². The number of rotatable bonds is 3. The molecule has 0 aliphatic carbocycles. The molecule has 0 unspecified atom stereocenters. The monoisotopic (exact) mass is 292 g/mol. The third-order valence-electron chi connectivity index (χ3n) is 2.05. The normalized spacial score (nSPS) is 9.94.